The van der Waals surface area contributed by atoms with Gasteiger partial charge in [0, 0.05) is 27.1 Å². The highest BCUT2D eigenvalue weighted by molar-refractivity contribution is 14.2. The topological polar surface area (TPSA) is 9.23 Å². The highest BCUT2D eigenvalue weighted by atomic mass is 127. The molecule has 3 atom stereocenters. The molecule has 0 spiro atoms. The van der Waals surface area contributed by atoms with Gasteiger partial charge in [-0.15, -0.1) is 0 Å². The average Bonchev–Trinajstić information content (AvgIpc) is 2.16. The fourth-order valence-corrected chi connectivity index (χ4v) is 1.93. The summed E-state index contributed by atoms with van der Waals surface area (Å²) >= 11 is 2.17. The maximum atomic E-state index is 5.77. The lowest BCUT2D eigenvalue weighted by Crippen LogP contribution is -2.28. The molecule has 3 heteroatoms. The molecule has 0 N–H and O–H groups in total. The second kappa shape index (κ2) is 5.94. The predicted octanol–water partition coefficient (Wildman–Crippen LogP) is 3.40. The first-order valence-corrected chi connectivity index (χ1v) is 7.75. The van der Waals surface area contributed by atoms with Crippen molar-refractivity contribution < 1.29 is 4.74 Å². The van der Waals surface area contributed by atoms with E-state index >= 15 is 0 Å². The molecule has 2 unspecified atom stereocenters. The minimum atomic E-state index is 0.00316. The van der Waals surface area contributed by atoms with Crippen LogP contribution in [0.25, 0.3) is 0 Å². The molecule has 0 saturated carbocycles. The number of ether oxygens (including phenoxy) is 1. The zero-order chi connectivity index (χ0) is 9.68. The lowest BCUT2D eigenvalue weighted by molar-refractivity contribution is 0.00593. The normalized spacial score (nSPS) is 32.4. The van der Waals surface area contributed by atoms with Crippen molar-refractivity contribution >= 4 is 30.1 Å². The van der Waals surface area contributed by atoms with E-state index in [9.17, 15) is 0 Å². The number of halogens is 1. The van der Waals surface area contributed by atoms with Crippen LogP contribution in [0.4, 0.5) is 0 Å². The molecule has 1 heterocycles. The van der Waals surface area contributed by atoms with Gasteiger partial charge in [-0.05, 0) is 26.7 Å². The van der Waals surface area contributed by atoms with Crippen molar-refractivity contribution in [3.05, 3.63) is 12.2 Å². The predicted molar refractivity (Wildman–Crippen MR) is 66.6 cm³/mol. The fourth-order valence-electron chi connectivity index (χ4n) is 1.39. The third kappa shape index (κ3) is 3.53. The van der Waals surface area contributed by atoms with Gasteiger partial charge in [-0.1, -0.05) is 25.8 Å². The van der Waals surface area contributed by atoms with Gasteiger partial charge in [0.2, 0.25) is 0 Å². The Hall–Kier alpha value is 0.340. The first-order chi connectivity index (χ1) is 6.27. The highest BCUT2D eigenvalue weighted by Gasteiger charge is 2.20. The summed E-state index contributed by atoms with van der Waals surface area (Å²) in [7, 11) is 1.50. The molecule has 0 fully saturated rings. The van der Waals surface area contributed by atoms with E-state index in [0.717, 1.165) is 6.42 Å². The van der Waals surface area contributed by atoms with E-state index in [2.05, 4.69) is 58.4 Å². The van der Waals surface area contributed by atoms with Crippen molar-refractivity contribution in [3.8, 4) is 11.2 Å². The van der Waals surface area contributed by atoms with Gasteiger partial charge in [0.1, 0.15) is 6.10 Å². The molecule has 0 amide bonds. The SMILES string of the molecule is CCC1OC(C#CSI)C=C[C@@H]1C. The molecular formula is C10H13IOS. The molecule has 72 valence electrons. The van der Waals surface area contributed by atoms with Gasteiger partial charge >= 0.3 is 0 Å². The lowest BCUT2D eigenvalue weighted by Gasteiger charge is -2.27. The van der Waals surface area contributed by atoms with Crippen LogP contribution in [0.15, 0.2) is 12.2 Å². The lowest BCUT2D eigenvalue weighted by atomic mass is 9.98. The maximum absolute atomic E-state index is 5.77. The van der Waals surface area contributed by atoms with Crippen molar-refractivity contribution in [2.45, 2.75) is 32.5 Å². The summed E-state index contributed by atoms with van der Waals surface area (Å²) in [6.45, 7) is 4.33. The summed E-state index contributed by atoms with van der Waals surface area (Å²) in [5.74, 6) is 3.58. The third-order valence-corrected chi connectivity index (χ3v) is 3.00. The van der Waals surface area contributed by atoms with Crippen LogP contribution in [0.3, 0.4) is 0 Å². The molecule has 0 bridgehead atoms. The second-order valence-electron chi connectivity index (χ2n) is 3.07. The first kappa shape index (κ1) is 11.4. The number of rotatable bonds is 1. The Morgan fingerprint density at radius 1 is 1.54 bits per heavy atom. The molecule has 1 rings (SSSR count). The van der Waals surface area contributed by atoms with Gasteiger partial charge in [0.25, 0.3) is 0 Å². The molecule has 1 nitrogen and oxygen atoms in total. The third-order valence-electron chi connectivity index (χ3n) is 2.14. The highest BCUT2D eigenvalue weighted by Crippen LogP contribution is 2.20. The Morgan fingerprint density at radius 3 is 2.92 bits per heavy atom. The van der Waals surface area contributed by atoms with E-state index in [-0.39, 0.29) is 6.10 Å². The van der Waals surface area contributed by atoms with Gasteiger partial charge < -0.3 is 4.74 Å². The van der Waals surface area contributed by atoms with Crippen LogP contribution < -0.4 is 0 Å². The molecule has 0 radical (unpaired) electrons. The van der Waals surface area contributed by atoms with Crippen molar-refractivity contribution in [1.82, 2.24) is 0 Å². The van der Waals surface area contributed by atoms with E-state index in [1.54, 1.807) is 0 Å². The van der Waals surface area contributed by atoms with Crippen LogP contribution in [-0.4, -0.2) is 12.2 Å². The van der Waals surface area contributed by atoms with Gasteiger partial charge in [-0.3, -0.25) is 0 Å². The largest absolute Gasteiger partial charge is 0.358 e. The smallest absolute Gasteiger partial charge is 0.137 e. The summed E-state index contributed by atoms with van der Waals surface area (Å²) in [6, 6.07) is 0. The van der Waals surface area contributed by atoms with Crippen molar-refractivity contribution in [3.63, 3.8) is 0 Å². The molecular weight excluding hydrogens is 295 g/mol. The summed E-state index contributed by atoms with van der Waals surface area (Å²) < 4.78 is 5.77. The minimum absolute atomic E-state index is 0.00316. The molecule has 1 aliphatic heterocycles. The van der Waals surface area contributed by atoms with Gasteiger partial charge in [-0.25, -0.2) is 0 Å². The Labute approximate surface area is 96.3 Å². The van der Waals surface area contributed by atoms with E-state index in [1.165, 1.54) is 8.93 Å². The summed E-state index contributed by atoms with van der Waals surface area (Å²) in [6.07, 6.45) is 5.65. The molecule has 13 heavy (non-hydrogen) atoms. The van der Waals surface area contributed by atoms with Gasteiger partial charge in [-0.2, -0.15) is 0 Å². The van der Waals surface area contributed by atoms with Crippen LogP contribution in [0.1, 0.15) is 20.3 Å². The van der Waals surface area contributed by atoms with Crippen molar-refractivity contribution in [2.24, 2.45) is 5.92 Å². The number of hydrogen-bond donors (Lipinski definition) is 0. The Kier molecular flexibility index (Phi) is 5.22. The van der Waals surface area contributed by atoms with Crippen LogP contribution in [0, 0.1) is 17.1 Å². The molecule has 1 aliphatic rings. The monoisotopic (exact) mass is 308 g/mol. The Bertz CT molecular complexity index is 241. The fraction of sp³-hybridized carbons (Fsp3) is 0.600. The molecule has 0 saturated heterocycles. The molecule has 0 aromatic carbocycles. The van der Waals surface area contributed by atoms with E-state index < -0.39 is 0 Å². The summed E-state index contributed by atoms with van der Waals surface area (Å²) in [5, 5.41) is 2.95. The van der Waals surface area contributed by atoms with E-state index in [4.69, 9.17) is 4.74 Å². The van der Waals surface area contributed by atoms with Crippen LogP contribution in [-0.2, 0) is 4.74 Å². The summed E-state index contributed by atoms with van der Waals surface area (Å²) in [5.41, 5.74) is 0. The Morgan fingerprint density at radius 2 is 2.31 bits per heavy atom. The molecule has 0 aromatic heterocycles. The summed E-state index contributed by atoms with van der Waals surface area (Å²) in [4.78, 5) is 0. The minimum Gasteiger partial charge on any atom is -0.358 e. The second-order valence-corrected chi connectivity index (χ2v) is 4.75. The number of hydrogen-bond acceptors (Lipinski definition) is 2. The van der Waals surface area contributed by atoms with Crippen LogP contribution in [0.2, 0.25) is 0 Å². The van der Waals surface area contributed by atoms with Crippen LogP contribution >= 0.6 is 30.1 Å². The van der Waals surface area contributed by atoms with Crippen LogP contribution in [0.5, 0.6) is 0 Å². The average molecular weight is 308 g/mol. The van der Waals surface area contributed by atoms with E-state index in [0.29, 0.717) is 12.0 Å². The zero-order valence-corrected chi connectivity index (χ0v) is 10.8. The standard InChI is InChI=1S/C10H13IOS/c1-3-10-8(2)4-5-9(12-10)6-7-13-11/h4-5,8-10H,3H2,1-2H3/t8-,9?,10?/m0/s1. The molecule has 0 aromatic rings. The zero-order valence-electron chi connectivity index (χ0n) is 7.79. The molecule has 0 aliphatic carbocycles. The first-order valence-electron chi connectivity index (χ1n) is 4.39. The van der Waals surface area contributed by atoms with Gasteiger partial charge in [0.15, 0.2) is 0 Å². The quantitative estimate of drug-likeness (QED) is 0.417. The van der Waals surface area contributed by atoms with Crippen molar-refractivity contribution in [2.75, 3.05) is 0 Å². The van der Waals surface area contributed by atoms with Gasteiger partial charge in [0.05, 0.1) is 6.10 Å². The Balaban J connectivity index is 2.57. The van der Waals surface area contributed by atoms with Crippen molar-refractivity contribution in [1.29, 1.82) is 0 Å². The van der Waals surface area contributed by atoms with E-state index in [1.807, 2.05) is 0 Å². The maximum Gasteiger partial charge on any atom is 0.137 e.